The molecule has 1 N–H and O–H groups in total. The van der Waals surface area contributed by atoms with Gasteiger partial charge in [0, 0.05) is 32.8 Å². The van der Waals surface area contributed by atoms with E-state index < -0.39 is 0 Å². The molecule has 0 spiro atoms. The zero-order valence-electron chi connectivity index (χ0n) is 21.0. The molecule has 2 heterocycles. The molecule has 0 saturated carbocycles. The Labute approximate surface area is 207 Å². The number of rotatable bonds is 14. The van der Waals surface area contributed by atoms with Crippen molar-refractivity contribution >= 4 is 11.9 Å². The van der Waals surface area contributed by atoms with Gasteiger partial charge < -0.3 is 33.7 Å². The summed E-state index contributed by atoms with van der Waals surface area (Å²) >= 11 is 0. The third-order valence-electron chi connectivity index (χ3n) is 5.65. The van der Waals surface area contributed by atoms with Gasteiger partial charge in [0.05, 0.1) is 6.54 Å². The molecule has 1 aromatic heterocycles. The number of urea groups is 1. The molecule has 0 saturated heterocycles. The maximum Gasteiger partial charge on any atom is 0.317 e. The van der Waals surface area contributed by atoms with E-state index in [4.69, 9.17) is 18.6 Å². The lowest BCUT2D eigenvalue weighted by Crippen LogP contribution is -2.47. The first kappa shape index (κ1) is 26.4. The summed E-state index contributed by atoms with van der Waals surface area (Å²) in [5, 5.41) is 2.93. The Balaban J connectivity index is 1.72. The highest BCUT2D eigenvalue weighted by atomic mass is 16.7. The lowest BCUT2D eigenvalue weighted by molar-refractivity contribution is -0.133. The largest absolute Gasteiger partial charge is 0.464 e. The van der Waals surface area contributed by atoms with Crippen LogP contribution in [-0.2, 0) is 22.6 Å². The highest BCUT2D eigenvalue weighted by molar-refractivity contribution is 5.84. The zero-order chi connectivity index (χ0) is 25.0. The van der Waals surface area contributed by atoms with Crippen LogP contribution in [0.5, 0.6) is 11.5 Å². The predicted octanol–water partition coefficient (Wildman–Crippen LogP) is 4.08. The number of furan rings is 1. The van der Waals surface area contributed by atoms with Gasteiger partial charge in [0.2, 0.25) is 12.7 Å². The Morgan fingerprint density at radius 1 is 1.03 bits per heavy atom. The van der Waals surface area contributed by atoms with Crippen molar-refractivity contribution in [1.29, 1.82) is 0 Å². The maximum atomic E-state index is 13.5. The van der Waals surface area contributed by atoms with Gasteiger partial charge >= 0.3 is 6.03 Å². The van der Waals surface area contributed by atoms with Crippen molar-refractivity contribution in [2.75, 3.05) is 39.6 Å². The van der Waals surface area contributed by atoms with Crippen LogP contribution in [0.4, 0.5) is 4.79 Å². The van der Waals surface area contributed by atoms with Gasteiger partial charge in [0.15, 0.2) is 11.5 Å². The van der Waals surface area contributed by atoms with E-state index in [2.05, 4.69) is 12.2 Å². The number of aryl methyl sites for hydroxylation is 1. The second-order valence-corrected chi connectivity index (χ2v) is 8.51. The predicted molar refractivity (Wildman–Crippen MR) is 131 cm³/mol. The topological polar surface area (TPSA) is 93.5 Å². The summed E-state index contributed by atoms with van der Waals surface area (Å²) in [7, 11) is 0. The average Bonchev–Trinajstić information content (AvgIpc) is 3.48. The number of carbonyl (C=O) groups is 2. The van der Waals surface area contributed by atoms with Crippen LogP contribution in [-0.4, -0.2) is 61.4 Å². The molecule has 9 heteroatoms. The lowest BCUT2D eigenvalue weighted by Gasteiger charge is -2.27. The molecule has 1 aromatic carbocycles. The number of nitrogens with one attached hydrogen (secondary N) is 1. The van der Waals surface area contributed by atoms with Crippen molar-refractivity contribution in [2.24, 2.45) is 0 Å². The number of hydrogen-bond donors (Lipinski definition) is 1. The summed E-state index contributed by atoms with van der Waals surface area (Å²) < 4.78 is 22.1. The summed E-state index contributed by atoms with van der Waals surface area (Å²) in [5.74, 6) is 2.66. The van der Waals surface area contributed by atoms with Crippen molar-refractivity contribution in [3.05, 3.63) is 47.4 Å². The van der Waals surface area contributed by atoms with Gasteiger partial charge in [-0.25, -0.2) is 4.79 Å². The summed E-state index contributed by atoms with van der Waals surface area (Å²) in [4.78, 5) is 29.6. The zero-order valence-corrected chi connectivity index (χ0v) is 21.0. The fraction of sp³-hybridized carbons (Fsp3) is 0.538. The van der Waals surface area contributed by atoms with E-state index in [0.717, 1.165) is 24.2 Å². The van der Waals surface area contributed by atoms with Crippen LogP contribution in [0, 0.1) is 6.92 Å². The Bertz CT molecular complexity index is 960. The monoisotopic (exact) mass is 487 g/mol. The summed E-state index contributed by atoms with van der Waals surface area (Å²) in [5.41, 5.74) is 0.904. The van der Waals surface area contributed by atoms with E-state index in [0.29, 0.717) is 63.1 Å². The first-order valence-corrected chi connectivity index (χ1v) is 12.3. The van der Waals surface area contributed by atoms with Gasteiger partial charge in [-0.15, -0.1) is 0 Å². The molecule has 0 radical (unpaired) electrons. The van der Waals surface area contributed by atoms with Gasteiger partial charge in [-0.3, -0.25) is 4.79 Å². The van der Waals surface area contributed by atoms with Gasteiger partial charge in [-0.05, 0) is 56.5 Å². The minimum absolute atomic E-state index is 0.0334. The molecule has 2 aromatic rings. The van der Waals surface area contributed by atoms with Gasteiger partial charge in [0.25, 0.3) is 0 Å². The second-order valence-electron chi connectivity index (χ2n) is 8.51. The van der Waals surface area contributed by atoms with Crippen molar-refractivity contribution in [1.82, 2.24) is 15.1 Å². The Morgan fingerprint density at radius 2 is 1.86 bits per heavy atom. The van der Waals surface area contributed by atoms with E-state index in [1.807, 2.05) is 44.2 Å². The Hall–Kier alpha value is -3.20. The third-order valence-corrected chi connectivity index (χ3v) is 5.65. The fourth-order valence-electron chi connectivity index (χ4n) is 3.75. The fourth-order valence-corrected chi connectivity index (χ4v) is 3.75. The molecule has 3 amide bonds. The van der Waals surface area contributed by atoms with E-state index in [1.54, 1.807) is 9.80 Å². The summed E-state index contributed by atoms with van der Waals surface area (Å²) in [6.45, 7) is 8.84. The molecule has 0 bridgehead atoms. The number of fused-ring (bicyclic) bond motifs is 1. The first-order chi connectivity index (χ1) is 17.0. The molecule has 0 aliphatic carbocycles. The number of nitrogens with zero attached hydrogens (tertiary/aromatic N) is 2. The maximum absolute atomic E-state index is 13.5. The van der Waals surface area contributed by atoms with Gasteiger partial charge in [0.1, 0.15) is 18.1 Å². The number of amides is 3. The second kappa shape index (κ2) is 13.6. The van der Waals surface area contributed by atoms with Crippen LogP contribution < -0.4 is 14.8 Å². The van der Waals surface area contributed by atoms with Crippen molar-refractivity contribution in [3.8, 4) is 11.5 Å². The van der Waals surface area contributed by atoms with E-state index in [-0.39, 0.29) is 25.3 Å². The van der Waals surface area contributed by atoms with Crippen molar-refractivity contribution < 1.29 is 28.2 Å². The third kappa shape index (κ3) is 8.20. The van der Waals surface area contributed by atoms with E-state index in [9.17, 15) is 9.59 Å². The Kier molecular flexibility index (Phi) is 10.3. The smallest absolute Gasteiger partial charge is 0.317 e. The van der Waals surface area contributed by atoms with Crippen molar-refractivity contribution in [2.45, 2.75) is 53.1 Å². The SMILES string of the molecule is CCCCNC(=O)N(CCCOCC)CC(=O)N(Cc1ccc2c(c1)OCO2)Cc1ccc(C)o1. The molecule has 0 fully saturated rings. The molecule has 3 rings (SSSR count). The van der Waals surface area contributed by atoms with Crippen molar-refractivity contribution in [3.63, 3.8) is 0 Å². The molecule has 0 unspecified atom stereocenters. The molecular formula is C26H37N3O6. The number of unbranched alkanes of at least 4 members (excludes halogenated alkanes) is 1. The average molecular weight is 488 g/mol. The van der Waals surface area contributed by atoms with Crippen LogP contribution in [0.2, 0.25) is 0 Å². The number of carbonyl (C=O) groups excluding carboxylic acids is 2. The molecular weight excluding hydrogens is 450 g/mol. The molecule has 9 nitrogen and oxygen atoms in total. The normalized spacial score (nSPS) is 12.0. The molecule has 1 aliphatic heterocycles. The molecule has 1 aliphatic rings. The number of ether oxygens (including phenoxy) is 3. The van der Waals surface area contributed by atoms with Gasteiger partial charge in [-0.2, -0.15) is 0 Å². The van der Waals surface area contributed by atoms with Crippen LogP contribution in [0.3, 0.4) is 0 Å². The molecule has 192 valence electrons. The molecule has 0 atom stereocenters. The summed E-state index contributed by atoms with van der Waals surface area (Å²) in [6, 6.07) is 9.15. The first-order valence-electron chi connectivity index (χ1n) is 12.3. The molecule has 35 heavy (non-hydrogen) atoms. The number of benzene rings is 1. The van der Waals surface area contributed by atoms with Crippen LogP contribution in [0.25, 0.3) is 0 Å². The highest BCUT2D eigenvalue weighted by Crippen LogP contribution is 2.33. The van der Waals surface area contributed by atoms with Crippen LogP contribution >= 0.6 is 0 Å². The quantitative estimate of drug-likeness (QED) is 0.404. The standard InChI is InChI=1S/C26H37N3O6/c1-4-6-12-27-26(31)28(13-7-14-32-5-2)18-25(30)29(17-22-10-8-20(3)35-22)16-21-9-11-23-24(15-21)34-19-33-23/h8-11,15H,4-7,12-14,16-19H2,1-3H3,(H,27,31). The lowest BCUT2D eigenvalue weighted by atomic mass is 10.2. The minimum Gasteiger partial charge on any atom is -0.464 e. The van der Waals surface area contributed by atoms with Gasteiger partial charge in [-0.1, -0.05) is 19.4 Å². The number of hydrogen-bond acceptors (Lipinski definition) is 6. The minimum atomic E-state index is -0.236. The van der Waals surface area contributed by atoms with Crippen LogP contribution in [0.1, 0.15) is 50.2 Å². The van der Waals surface area contributed by atoms with E-state index >= 15 is 0 Å². The van der Waals surface area contributed by atoms with E-state index in [1.165, 1.54) is 0 Å². The summed E-state index contributed by atoms with van der Waals surface area (Å²) in [6.07, 6.45) is 2.53. The Morgan fingerprint density at radius 3 is 2.60 bits per heavy atom. The highest BCUT2D eigenvalue weighted by Gasteiger charge is 2.23. The van der Waals surface area contributed by atoms with Crippen LogP contribution in [0.15, 0.2) is 34.7 Å².